The number of alkyl halides is 2. The third kappa shape index (κ3) is 3.64. The molecular formula is C12H18BrIO3. The van der Waals surface area contributed by atoms with Crippen molar-refractivity contribution in [2.75, 3.05) is 6.61 Å². The molecule has 4 unspecified atom stereocenters. The molecule has 5 heteroatoms. The summed E-state index contributed by atoms with van der Waals surface area (Å²) in [4.78, 5) is 11.6. The van der Waals surface area contributed by atoms with Crippen LogP contribution in [0.2, 0.25) is 0 Å². The minimum Gasteiger partial charge on any atom is -0.353 e. The lowest BCUT2D eigenvalue weighted by atomic mass is 9.87. The topological polar surface area (TPSA) is 35.5 Å². The van der Waals surface area contributed by atoms with Gasteiger partial charge in [-0.15, -0.1) is 0 Å². The summed E-state index contributed by atoms with van der Waals surface area (Å²) in [5.74, 6) is -0.0116. The number of ether oxygens (including phenoxy) is 2. The first-order valence-corrected chi connectivity index (χ1v) is 8.21. The molecule has 1 aliphatic carbocycles. The Labute approximate surface area is 124 Å². The van der Waals surface area contributed by atoms with E-state index in [4.69, 9.17) is 9.47 Å². The zero-order chi connectivity index (χ0) is 12.3. The highest BCUT2D eigenvalue weighted by Gasteiger charge is 2.44. The van der Waals surface area contributed by atoms with Crippen molar-refractivity contribution in [1.29, 1.82) is 0 Å². The van der Waals surface area contributed by atoms with Gasteiger partial charge >= 0.3 is 0 Å². The van der Waals surface area contributed by atoms with Crippen LogP contribution in [0, 0.1) is 5.92 Å². The number of aldehydes is 1. The van der Waals surface area contributed by atoms with Gasteiger partial charge in [0, 0.05) is 11.4 Å². The van der Waals surface area contributed by atoms with Crippen LogP contribution in [0.25, 0.3) is 0 Å². The van der Waals surface area contributed by atoms with Crippen molar-refractivity contribution in [1.82, 2.24) is 0 Å². The Morgan fingerprint density at radius 1 is 1.35 bits per heavy atom. The maximum Gasteiger partial charge on any atom is 0.159 e. The van der Waals surface area contributed by atoms with Gasteiger partial charge in [0.25, 0.3) is 0 Å². The highest BCUT2D eigenvalue weighted by atomic mass is 127. The molecule has 4 atom stereocenters. The van der Waals surface area contributed by atoms with E-state index in [1.165, 1.54) is 0 Å². The Balaban J connectivity index is 2.00. The quantitative estimate of drug-likeness (QED) is 0.401. The van der Waals surface area contributed by atoms with E-state index >= 15 is 0 Å². The first kappa shape index (κ1) is 14.2. The lowest BCUT2D eigenvalue weighted by molar-refractivity contribution is -0.207. The molecule has 0 bridgehead atoms. The van der Waals surface area contributed by atoms with Gasteiger partial charge in [0.1, 0.15) is 9.89 Å². The summed E-state index contributed by atoms with van der Waals surface area (Å²) in [5, 5.41) is 0. The fraction of sp³-hybridized carbons (Fsp3) is 0.917. The molecule has 1 aliphatic heterocycles. The van der Waals surface area contributed by atoms with Crippen molar-refractivity contribution in [2.45, 2.75) is 53.2 Å². The minimum absolute atomic E-state index is 0.0116. The average Bonchev–Trinajstić information content (AvgIpc) is 2.30. The standard InChI is InChI=1S/C12H18BrIO3/c13-10-5-4-9(8-15)12(14,7-10)17-11-3-1-2-6-16-11/h8-11H,1-7H2. The van der Waals surface area contributed by atoms with Crippen LogP contribution in [0.1, 0.15) is 38.5 Å². The summed E-state index contributed by atoms with van der Waals surface area (Å²) in [6.45, 7) is 0.779. The normalized spacial score (nSPS) is 43.3. The van der Waals surface area contributed by atoms with E-state index < -0.39 is 3.61 Å². The van der Waals surface area contributed by atoms with E-state index in [1.807, 2.05) is 0 Å². The van der Waals surface area contributed by atoms with Crippen LogP contribution in [0.3, 0.4) is 0 Å². The Kier molecular flexibility index (Phi) is 5.27. The number of carbonyl (C=O) groups is 1. The Bertz CT molecular complexity index is 270. The number of carbonyl (C=O) groups excluding carboxylic acids is 1. The smallest absolute Gasteiger partial charge is 0.159 e. The molecule has 0 aromatic carbocycles. The van der Waals surface area contributed by atoms with Gasteiger partial charge in [0.05, 0.1) is 5.92 Å². The molecule has 0 radical (unpaired) electrons. The summed E-state index contributed by atoms with van der Waals surface area (Å²) in [7, 11) is 0. The zero-order valence-electron chi connectivity index (χ0n) is 9.74. The summed E-state index contributed by atoms with van der Waals surface area (Å²) in [6.07, 6.45) is 6.96. The van der Waals surface area contributed by atoms with Gasteiger partial charge in [-0.2, -0.15) is 0 Å². The second kappa shape index (κ2) is 6.30. The van der Waals surface area contributed by atoms with Crippen molar-refractivity contribution in [3.05, 3.63) is 0 Å². The molecule has 2 fully saturated rings. The molecule has 2 aliphatic rings. The van der Waals surface area contributed by atoms with Crippen LogP contribution in [0.15, 0.2) is 0 Å². The lowest BCUT2D eigenvalue weighted by Crippen LogP contribution is -2.45. The molecule has 0 N–H and O–H groups in total. The molecule has 2 rings (SSSR count). The van der Waals surface area contributed by atoms with E-state index in [-0.39, 0.29) is 12.2 Å². The maximum atomic E-state index is 11.2. The summed E-state index contributed by atoms with van der Waals surface area (Å²) in [5.41, 5.74) is 0. The van der Waals surface area contributed by atoms with Gasteiger partial charge in [-0.1, -0.05) is 15.9 Å². The summed E-state index contributed by atoms with van der Waals surface area (Å²) in [6, 6.07) is 0. The summed E-state index contributed by atoms with van der Waals surface area (Å²) < 4.78 is 11.3. The van der Waals surface area contributed by atoms with Gasteiger partial charge in [-0.3, -0.25) is 0 Å². The number of rotatable bonds is 3. The van der Waals surface area contributed by atoms with Crippen molar-refractivity contribution >= 4 is 44.8 Å². The van der Waals surface area contributed by atoms with Crippen LogP contribution in [0.5, 0.6) is 0 Å². The number of hydrogen-bond donors (Lipinski definition) is 0. The Morgan fingerprint density at radius 3 is 2.82 bits per heavy atom. The highest BCUT2D eigenvalue weighted by Crippen LogP contribution is 2.45. The molecular weight excluding hydrogens is 399 g/mol. The Morgan fingerprint density at radius 2 is 2.18 bits per heavy atom. The molecule has 0 aromatic heterocycles. The lowest BCUT2D eigenvalue weighted by Gasteiger charge is -2.41. The molecule has 17 heavy (non-hydrogen) atoms. The maximum absolute atomic E-state index is 11.2. The van der Waals surface area contributed by atoms with Crippen molar-refractivity contribution in [3.63, 3.8) is 0 Å². The zero-order valence-corrected chi connectivity index (χ0v) is 13.5. The van der Waals surface area contributed by atoms with Crippen LogP contribution in [-0.2, 0) is 14.3 Å². The van der Waals surface area contributed by atoms with Crippen LogP contribution >= 0.6 is 38.5 Å². The molecule has 0 amide bonds. The van der Waals surface area contributed by atoms with Gasteiger partial charge in [-0.05, 0) is 61.1 Å². The van der Waals surface area contributed by atoms with E-state index in [0.29, 0.717) is 4.83 Å². The summed E-state index contributed by atoms with van der Waals surface area (Å²) >= 11 is 5.95. The predicted molar refractivity (Wildman–Crippen MR) is 77.5 cm³/mol. The van der Waals surface area contributed by atoms with Crippen molar-refractivity contribution in [2.24, 2.45) is 5.92 Å². The molecule has 0 aromatic rings. The van der Waals surface area contributed by atoms with E-state index in [1.54, 1.807) is 0 Å². The van der Waals surface area contributed by atoms with E-state index in [0.717, 1.165) is 51.4 Å². The second-order valence-corrected chi connectivity index (χ2v) is 7.94. The molecule has 1 heterocycles. The first-order valence-electron chi connectivity index (χ1n) is 6.22. The van der Waals surface area contributed by atoms with Crippen LogP contribution in [-0.4, -0.2) is 27.6 Å². The van der Waals surface area contributed by atoms with Crippen molar-refractivity contribution < 1.29 is 14.3 Å². The second-order valence-electron chi connectivity index (χ2n) is 4.82. The van der Waals surface area contributed by atoms with Gasteiger partial charge in [-0.25, -0.2) is 0 Å². The molecule has 1 saturated carbocycles. The van der Waals surface area contributed by atoms with E-state index in [2.05, 4.69) is 38.5 Å². The first-order chi connectivity index (χ1) is 8.14. The number of hydrogen-bond acceptors (Lipinski definition) is 3. The molecule has 1 saturated heterocycles. The third-order valence-corrected chi connectivity index (χ3v) is 5.75. The Hall–Kier alpha value is 0.800. The molecule has 0 spiro atoms. The minimum atomic E-state index is -0.395. The van der Waals surface area contributed by atoms with Gasteiger partial charge in [0.2, 0.25) is 0 Å². The largest absolute Gasteiger partial charge is 0.353 e. The van der Waals surface area contributed by atoms with Crippen LogP contribution in [0.4, 0.5) is 0 Å². The van der Waals surface area contributed by atoms with Crippen molar-refractivity contribution in [3.8, 4) is 0 Å². The fourth-order valence-corrected chi connectivity index (χ4v) is 5.08. The highest BCUT2D eigenvalue weighted by molar-refractivity contribution is 14.1. The predicted octanol–water partition coefficient (Wildman–Crippen LogP) is 3.42. The number of halogens is 2. The molecule has 98 valence electrons. The monoisotopic (exact) mass is 416 g/mol. The average molecular weight is 417 g/mol. The third-order valence-electron chi connectivity index (χ3n) is 3.47. The van der Waals surface area contributed by atoms with Gasteiger partial charge in [0.15, 0.2) is 6.29 Å². The SMILES string of the molecule is O=CC1CCC(Br)CC1(I)OC1CCCCO1. The van der Waals surface area contributed by atoms with Gasteiger partial charge < -0.3 is 14.3 Å². The molecule has 3 nitrogen and oxygen atoms in total. The van der Waals surface area contributed by atoms with E-state index in [9.17, 15) is 4.79 Å². The fourth-order valence-electron chi connectivity index (χ4n) is 2.46. The van der Waals surface area contributed by atoms with Crippen LogP contribution < -0.4 is 0 Å².